The van der Waals surface area contributed by atoms with Crippen LogP contribution in [0, 0.1) is 11.3 Å². The molecule has 0 aliphatic heterocycles. The number of rotatable bonds is 7. The Balaban J connectivity index is 2.82. The molecule has 0 saturated carbocycles. The number of nitriles is 1. The van der Waals surface area contributed by atoms with Gasteiger partial charge in [-0.2, -0.15) is 5.26 Å². The van der Waals surface area contributed by atoms with Crippen LogP contribution < -0.4 is 4.72 Å². The van der Waals surface area contributed by atoms with E-state index in [1.807, 2.05) is 6.07 Å². The lowest BCUT2D eigenvalue weighted by molar-refractivity contribution is -0.0460. The van der Waals surface area contributed by atoms with Crippen molar-refractivity contribution in [1.82, 2.24) is 4.72 Å². The minimum atomic E-state index is -3.64. The molecule has 0 fully saturated rings. The molecular formula is C13H18N2O4S. The molecule has 0 heterocycles. The van der Waals surface area contributed by atoms with Crippen molar-refractivity contribution < 1.29 is 17.9 Å². The van der Waals surface area contributed by atoms with Crippen LogP contribution in [0.15, 0.2) is 29.2 Å². The SMILES string of the molecule is COC[C@@](C)(CNS(=O)(=O)c1ccc(C#N)cc1)OC. The highest BCUT2D eigenvalue weighted by Gasteiger charge is 2.26. The molecule has 0 amide bonds. The van der Waals surface area contributed by atoms with Crippen LogP contribution in [-0.2, 0) is 19.5 Å². The van der Waals surface area contributed by atoms with Crippen LogP contribution in [0.2, 0.25) is 0 Å². The summed E-state index contributed by atoms with van der Waals surface area (Å²) in [7, 11) is -0.627. The third-order valence-corrected chi connectivity index (χ3v) is 4.29. The number of hydrogen-bond acceptors (Lipinski definition) is 5. The van der Waals surface area contributed by atoms with Gasteiger partial charge in [0, 0.05) is 20.8 Å². The number of sulfonamides is 1. The number of nitrogens with zero attached hydrogens (tertiary/aromatic N) is 1. The molecule has 0 aromatic heterocycles. The van der Waals surface area contributed by atoms with E-state index < -0.39 is 15.6 Å². The first-order valence-electron chi connectivity index (χ1n) is 5.91. The molecule has 1 atom stereocenters. The van der Waals surface area contributed by atoms with Gasteiger partial charge in [-0.1, -0.05) is 0 Å². The van der Waals surface area contributed by atoms with E-state index in [0.717, 1.165) is 0 Å². The summed E-state index contributed by atoms with van der Waals surface area (Å²) < 4.78 is 36.9. The molecule has 7 heteroatoms. The third-order valence-electron chi connectivity index (χ3n) is 2.87. The molecule has 0 aliphatic carbocycles. The summed E-state index contributed by atoms with van der Waals surface area (Å²) in [6.45, 7) is 2.09. The summed E-state index contributed by atoms with van der Waals surface area (Å²) in [6, 6.07) is 7.63. The van der Waals surface area contributed by atoms with Gasteiger partial charge in [-0.25, -0.2) is 13.1 Å². The van der Waals surface area contributed by atoms with Crippen molar-refractivity contribution >= 4 is 10.0 Å². The van der Waals surface area contributed by atoms with Crippen molar-refractivity contribution in [2.75, 3.05) is 27.4 Å². The van der Waals surface area contributed by atoms with E-state index in [9.17, 15) is 8.42 Å². The summed E-state index contributed by atoms with van der Waals surface area (Å²) >= 11 is 0. The first-order valence-corrected chi connectivity index (χ1v) is 7.39. The van der Waals surface area contributed by atoms with Crippen molar-refractivity contribution in [3.8, 4) is 6.07 Å². The summed E-state index contributed by atoms with van der Waals surface area (Å²) in [4.78, 5) is 0.104. The highest BCUT2D eigenvalue weighted by Crippen LogP contribution is 2.13. The van der Waals surface area contributed by atoms with Gasteiger partial charge in [-0.15, -0.1) is 0 Å². The van der Waals surface area contributed by atoms with Gasteiger partial charge < -0.3 is 9.47 Å². The molecule has 110 valence electrons. The van der Waals surface area contributed by atoms with Gasteiger partial charge in [-0.3, -0.25) is 0 Å². The van der Waals surface area contributed by atoms with Crippen LogP contribution >= 0.6 is 0 Å². The molecule has 0 bridgehead atoms. The third kappa shape index (κ3) is 4.28. The second-order valence-electron chi connectivity index (χ2n) is 4.55. The van der Waals surface area contributed by atoms with Crippen molar-refractivity contribution in [3.63, 3.8) is 0 Å². The molecule has 1 aromatic carbocycles. The van der Waals surface area contributed by atoms with Crippen LogP contribution in [-0.4, -0.2) is 41.4 Å². The van der Waals surface area contributed by atoms with Crippen LogP contribution in [0.25, 0.3) is 0 Å². The lowest BCUT2D eigenvalue weighted by Gasteiger charge is -2.27. The largest absolute Gasteiger partial charge is 0.382 e. The summed E-state index contributed by atoms with van der Waals surface area (Å²) in [5.41, 5.74) is -0.334. The molecule has 6 nitrogen and oxygen atoms in total. The molecule has 0 spiro atoms. The molecular weight excluding hydrogens is 280 g/mol. The molecule has 1 N–H and O–H groups in total. The molecule has 20 heavy (non-hydrogen) atoms. The Morgan fingerprint density at radius 1 is 1.30 bits per heavy atom. The Morgan fingerprint density at radius 2 is 1.90 bits per heavy atom. The van der Waals surface area contributed by atoms with Crippen LogP contribution in [0.1, 0.15) is 12.5 Å². The molecule has 0 aliphatic rings. The van der Waals surface area contributed by atoms with Gasteiger partial charge in [0.1, 0.15) is 5.60 Å². The number of hydrogen-bond donors (Lipinski definition) is 1. The molecule has 1 aromatic rings. The van der Waals surface area contributed by atoms with Gasteiger partial charge in [0.25, 0.3) is 0 Å². The fraction of sp³-hybridized carbons (Fsp3) is 0.462. The molecule has 0 unspecified atom stereocenters. The maximum Gasteiger partial charge on any atom is 0.240 e. The minimum Gasteiger partial charge on any atom is -0.382 e. The monoisotopic (exact) mass is 298 g/mol. The Hall–Kier alpha value is -1.46. The van der Waals surface area contributed by atoms with E-state index in [1.54, 1.807) is 6.92 Å². The summed E-state index contributed by atoms with van der Waals surface area (Å²) in [5, 5.41) is 8.69. The van der Waals surface area contributed by atoms with Gasteiger partial charge in [0.15, 0.2) is 0 Å². The van der Waals surface area contributed by atoms with E-state index in [1.165, 1.54) is 38.5 Å². The molecule has 0 radical (unpaired) electrons. The predicted molar refractivity (Wildman–Crippen MR) is 73.6 cm³/mol. The zero-order chi connectivity index (χ0) is 15.2. The van der Waals surface area contributed by atoms with Crippen molar-refractivity contribution in [1.29, 1.82) is 5.26 Å². The average Bonchev–Trinajstić information content (AvgIpc) is 2.46. The number of methoxy groups -OCH3 is 2. The lowest BCUT2D eigenvalue weighted by atomic mass is 10.1. The predicted octanol–water partition coefficient (Wildman–Crippen LogP) is 0.888. The number of ether oxygens (including phenoxy) is 2. The van der Waals surface area contributed by atoms with E-state index in [0.29, 0.717) is 5.56 Å². The fourth-order valence-corrected chi connectivity index (χ4v) is 2.68. The first kappa shape index (κ1) is 16.6. The van der Waals surface area contributed by atoms with Gasteiger partial charge in [0.2, 0.25) is 10.0 Å². The zero-order valence-electron chi connectivity index (χ0n) is 11.7. The molecule has 0 saturated heterocycles. The Bertz CT molecular complexity index is 577. The van der Waals surface area contributed by atoms with Crippen molar-refractivity contribution in [2.24, 2.45) is 0 Å². The Labute approximate surface area is 119 Å². The van der Waals surface area contributed by atoms with Gasteiger partial charge >= 0.3 is 0 Å². The van der Waals surface area contributed by atoms with E-state index in [4.69, 9.17) is 14.7 Å². The van der Waals surface area contributed by atoms with Crippen LogP contribution in [0.5, 0.6) is 0 Å². The van der Waals surface area contributed by atoms with Gasteiger partial charge in [-0.05, 0) is 31.2 Å². The van der Waals surface area contributed by atoms with Gasteiger partial charge in [0.05, 0.1) is 23.1 Å². The maximum atomic E-state index is 12.1. The van der Waals surface area contributed by atoms with E-state index >= 15 is 0 Å². The summed E-state index contributed by atoms with van der Waals surface area (Å²) in [5.74, 6) is 0. The quantitative estimate of drug-likeness (QED) is 0.807. The van der Waals surface area contributed by atoms with Crippen LogP contribution in [0.3, 0.4) is 0 Å². The smallest absolute Gasteiger partial charge is 0.240 e. The number of nitrogens with one attached hydrogen (secondary N) is 1. The van der Waals surface area contributed by atoms with Crippen LogP contribution in [0.4, 0.5) is 0 Å². The minimum absolute atomic E-state index is 0.0830. The average molecular weight is 298 g/mol. The topological polar surface area (TPSA) is 88.4 Å². The highest BCUT2D eigenvalue weighted by atomic mass is 32.2. The zero-order valence-corrected chi connectivity index (χ0v) is 12.5. The molecule has 1 rings (SSSR count). The fourth-order valence-electron chi connectivity index (χ4n) is 1.53. The maximum absolute atomic E-state index is 12.1. The van der Waals surface area contributed by atoms with E-state index in [2.05, 4.69) is 4.72 Å². The standard InChI is InChI=1S/C13H18N2O4S/c1-13(19-3,10-18-2)9-15-20(16,17)12-6-4-11(8-14)5-7-12/h4-7,15H,9-10H2,1-3H3/t13-/m1/s1. The second kappa shape index (κ2) is 6.81. The Morgan fingerprint density at radius 3 is 2.35 bits per heavy atom. The van der Waals surface area contributed by atoms with Crippen molar-refractivity contribution in [3.05, 3.63) is 29.8 Å². The highest BCUT2D eigenvalue weighted by molar-refractivity contribution is 7.89. The second-order valence-corrected chi connectivity index (χ2v) is 6.31. The summed E-state index contributed by atoms with van der Waals surface area (Å²) in [6.07, 6.45) is 0. The van der Waals surface area contributed by atoms with E-state index in [-0.39, 0.29) is 18.0 Å². The number of benzene rings is 1. The Kier molecular flexibility index (Phi) is 5.65. The normalized spacial score (nSPS) is 14.5. The lowest BCUT2D eigenvalue weighted by Crippen LogP contribution is -2.45. The van der Waals surface area contributed by atoms with Crippen molar-refractivity contribution in [2.45, 2.75) is 17.4 Å². The first-order chi connectivity index (χ1) is 9.37.